The van der Waals surface area contributed by atoms with E-state index in [9.17, 15) is 9.59 Å². The number of carbonyl (C=O) groups excluding carboxylic acids is 1. The Bertz CT molecular complexity index is 2050. The van der Waals surface area contributed by atoms with Crippen LogP contribution in [0.3, 0.4) is 0 Å². The highest BCUT2D eigenvalue weighted by atomic mass is 79.9. The van der Waals surface area contributed by atoms with Crippen molar-refractivity contribution in [3.63, 3.8) is 0 Å². The van der Waals surface area contributed by atoms with Crippen molar-refractivity contribution in [2.75, 3.05) is 12.9 Å². The Balaban J connectivity index is 1.47. The number of hydrogen-bond acceptors (Lipinski definition) is 7. The second-order valence-corrected chi connectivity index (χ2v) is 13.0. The number of benzene rings is 4. The third-order valence-electron chi connectivity index (χ3n) is 7.28. The molecular formula is C36H29BrN2O4S2. The molecule has 9 heteroatoms. The Hall–Kier alpha value is -4.18. The van der Waals surface area contributed by atoms with Crippen LogP contribution in [0.2, 0.25) is 0 Å². The lowest BCUT2D eigenvalue weighted by Gasteiger charge is -2.26. The van der Waals surface area contributed by atoms with Gasteiger partial charge in [-0.05, 0) is 72.3 Å². The molecule has 0 fully saturated rings. The van der Waals surface area contributed by atoms with E-state index in [0.717, 1.165) is 31.6 Å². The summed E-state index contributed by atoms with van der Waals surface area (Å²) in [7, 11) is 0. The number of fused-ring (bicyclic) bond motifs is 1. The van der Waals surface area contributed by atoms with Crippen molar-refractivity contribution in [1.29, 1.82) is 0 Å². The number of rotatable bonds is 9. The molecule has 0 N–H and O–H groups in total. The predicted octanol–water partition coefficient (Wildman–Crippen LogP) is 7.00. The zero-order chi connectivity index (χ0) is 31.3. The minimum absolute atomic E-state index is 0.202. The van der Waals surface area contributed by atoms with Crippen LogP contribution in [0.4, 0.5) is 0 Å². The first-order valence-corrected chi connectivity index (χ1v) is 17.2. The quantitative estimate of drug-likeness (QED) is 0.123. The highest BCUT2D eigenvalue weighted by molar-refractivity contribution is 9.10. The van der Waals surface area contributed by atoms with Gasteiger partial charge < -0.3 is 9.47 Å². The van der Waals surface area contributed by atoms with E-state index in [2.05, 4.69) is 15.9 Å². The highest BCUT2D eigenvalue weighted by Gasteiger charge is 2.35. The smallest absolute Gasteiger partial charge is 0.338 e. The first kappa shape index (κ1) is 30.8. The van der Waals surface area contributed by atoms with E-state index in [-0.39, 0.29) is 12.2 Å². The first-order chi connectivity index (χ1) is 21.9. The number of nitrogens with zero attached hydrogens (tertiary/aromatic N) is 2. The summed E-state index contributed by atoms with van der Waals surface area (Å²) in [6, 6.07) is 32.4. The summed E-state index contributed by atoms with van der Waals surface area (Å²) in [6.45, 7) is 2.40. The summed E-state index contributed by atoms with van der Waals surface area (Å²) in [5, 5.41) is 0. The van der Waals surface area contributed by atoms with E-state index < -0.39 is 12.0 Å². The van der Waals surface area contributed by atoms with Crippen LogP contribution >= 0.6 is 39.0 Å². The van der Waals surface area contributed by atoms with Gasteiger partial charge >= 0.3 is 5.97 Å². The second-order valence-electron chi connectivity index (χ2n) is 10.2. The first-order valence-electron chi connectivity index (χ1n) is 14.3. The fourth-order valence-corrected chi connectivity index (χ4v) is 6.81. The SMILES string of the molecule is CCOC(=O)C1=C(c2ccccc2)N=c2s/c(=C\c3cccc(OCc4ccc(Br)cc4)c3)c(=O)n2[C@H]1c1ccc(SC)cc1. The second kappa shape index (κ2) is 13.9. The number of thiazole rings is 1. The Morgan fingerprint density at radius 2 is 1.76 bits per heavy atom. The largest absolute Gasteiger partial charge is 0.489 e. The number of carbonyl (C=O) groups is 1. The molecule has 0 bridgehead atoms. The molecule has 0 aliphatic carbocycles. The standard InChI is InChI=1S/C36H29BrN2O4S2/c1-3-42-35(41)31-32(25-9-5-4-6-10-25)38-36-39(33(31)26-14-18-29(44-2)19-15-26)34(40)30(45-36)21-24-8-7-11-28(20-24)43-22-23-12-16-27(37)17-13-23/h4-21,33H,3,22H2,1-2H3/b30-21-/t33-/m0/s1. The number of esters is 1. The maximum atomic E-state index is 14.2. The van der Waals surface area contributed by atoms with Gasteiger partial charge in [0.2, 0.25) is 0 Å². The molecule has 6 nitrogen and oxygen atoms in total. The number of thioether (sulfide) groups is 1. The van der Waals surface area contributed by atoms with Gasteiger partial charge in [0, 0.05) is 14.9 Å². The van der Waals surface area contributed by atoms with Gasteiger partial charge in [-0.3, -0.25) is 9.36 Å². The molecule has 0 saturated heterocycles. The van der Waals surface area contributed by atoms with E-state index in [1.54, 1.807) is 23.3 Å². The summed E-state index contributed by atoms with van der Waals surface area (Å²) < 4.78 is 14.7. The van der Waals surface area contributed by atoms with Crippen LogP contribution in [-0.2, 0) is 16.1 Å². The van der Waals surface area contributed by atoms with Crippen LogP contribution < -0.4 is 19.6 Å². The molecule has 0 saturated carbocycles. The Kier molecular flexibility index (Phi) is 9.49. The van der Waals surface area contributed by atoms with Crippen LogP contribution in [0.15, 0.2) is 128 Å². The van der Waals surface area contributed by atoms with Gasteiger partial charge in [0.15, 0.2) is 4.80 Å². The maximum Gasteiger partial charge on any atom is 0.338 e. The molecule has 6 rings (SSSR count). The molecule has 4 aromatic carbocycles. The molecule has 45 heavy (non-hydrogen) atoms. The molecule has 0 spiro atoms. The van der Waals surface area contributed by atoms with Crippen LogP contribution in [0, 0.1) is 0 Å². The fourth-order valence-electron chi connectivity index (χ4n) is 5.13. The van der Waals surface area contributed by atoms with E-state index in [1.807, 2.05) is 115 Å². The van der Waals surface area contributed by atoms with Crippen molar-refractivity contribution < 1.29 is 14.3 Å². The van der Waals surface area contributed by atoms with Crippen molar-refractivity contribution in [3.8, 4) is 5.75 Å². The highest BCUT2D eigenvalue weighted by Crippen LogP contribution is 2.35. The van der Waals surface area contributed by atoms with Gasteiger partial charge in [-0.15, -0.1) is 11.8 Å². The van der Waals surface area contributed by atoms with Crippen molar-refractivity contribution in [2.24, 2.45) is 4.99 Å². The molecule has 2 heterocycles. The van der Waals surface area contributed by atoms with Crippen LogP contribution in [0.1, 0.15) is 35.2 Å². The lowest BCUT2D eigenvalue weighted by Crippen LogP contribution is -2.40. The topological polar surface area (TPSA) is 69.9 Å². The lowest BCUT2D eigenvalue weighted by atomic mass is 9.93. The Labute approximate surface area is 277 Å². The van der Waals surface area contributed by atoms with Crippen LogP contribution in [0.25, 0.3) is 11.8 Å². The number of hydrogen-bond donors (Lipinski definition) is 0. The van der Waals surface area contributed by atoms with Crippen LogP contribution in [0.5, 0.6) is 5.75 Å². The van der Waals surface area contributed by atoms with Gasteiger partial charge in [0.05, 0.1) is 28.5 Å². The minimum atomic E-state index is -0.714. The normalized spacial score (nSPS) is 14.6. The molecule has 0 radical (unpaired) electrons. The average Bonchev–Trinajstić information content (AvgIpc) is 3.38. The molecule has 1 aliphatic rings. The minimum Gasteiger partial charge on any atom is -0.489 e. The molecule has 1 aliphatic heterocycles. The number of halogens is 1. The molecule has 0 unspecified atom stereocenters. The maximum absolute atomic E-state index is 14.2. The van der Waals surface area contributed by atoms with Gasteiger partial charge in [-0.1, -0.05) is 94.0 Å². The fraction of sp³-hybridized carbons (Fsp3) is 0.139. The molecule has 1 atom stereocenters. The summed E-state index contributed by atoms with van der Waals surface area (Å²) in [5.74, 6) is 0.200. The lowest BCUT2D eigenvalue weighted by molar-refractivity contribution is -0.138. The molecule has 0 amide bonds. The molecule has 226 valence electrons. The zero-order valence-electron chi connectivity index (χ0n) is 24.6. The summed E-state index contributed by atoms with van der Waals surface area (Å²) in [6.07, 6.45) is 3.86. The average molecular weight is 698 g/mol. The molecule has 5 aromatic rings. The Morgan fingerprint density at radius 1 is 1.00 bits per heavy atom. The van der Waals surface area contributed by atoms with E-state index >= 15 is 0 Å². The summed E-state index contributed by atoms with van der Waals surface area (Å²) in [5.41, 5.74) is 4.06. The van der Waals surface area contributed by atoms with Crippen LogP contribution in [-0.4, -0.2) is 23.4 Å². The van der Waals surface area contributed by atoms with Crippen molar-refractivity contribution >= 4 is 56.8 Å². The number of ether oxygens (including phenoxy) is 2. The van der Waals surface area contributed by atoms with Gasteiger partial charge in [0.25, 0.3) is 5.56 Å². The van der Waals surface area contributed by atoms with Crippen molar-refractivity contribution in [3.05, 3.63) is 155 Å². The monoisotopic (exact) mass is 696 g/mol. The van der Waals surface area contributed by atoms with E-state index in [4.69, 9.17) is 14.5 Å². The predicted molar refractivity (Wildman–Crippen MR) is 184 cm³/mol. The number of aromatic nitrogens is 1. The summed E-state index contributed by atoms with van der Waals surface area (Å²) in [4.78, 5) is 34.4. The van der Waals surface area contributed by atoms with Gasteiger partial charge in [-0.25, -0.2) is 9.79 Å². The zero-order valence-corrected chi connectivity index (χ0v) is 27.8. The Morgan fingerprint density at radius 3 is 2.47 bits per heavy atom. The molecule has 1 aromatic heterocycles. The van der Waals surface area contributed by atoms with E-state index in [1.165, 1.54) is 11.3 Å². The van der Waals surface area contributed by atoms with E-state index in [0.29, 0.717) is 33.0 Å². The summed E-state index contributed by atoms with van der Waals surface area (Å²) >= 11 is 6.39. The van der Waals surface area contributed by atoms with Gasteiger partial charge in [0.1, 0.15) is 12.4 Å². The van der Waals surface area contributed by atoms with Gasteiger partial charge in [-0.2, -0.15) is 0 Å². The third-order valence-corrected chi connectivity index (χ3v) is 9.54. The third kappa shape index (κ3) is 6.76. The molecular weight excluding hydrogens is 668 g/mol. The van der Waals surface area contributed by atoms with Crippen molar-refractivity contribution in [2.45, 2.75) is 24.5 Å². The van der Waals surface area contributed by atoms with Crippen molar-refractivity contribution in [1.82, 2.24) is 4.57 Å².